The molecule has 1 amide bonds. The second-order valence-corrected chi connectivity index (χ2v) is 9.55. The molecule has 5 heterocycles. The van der Waals surface area contributed by atoms with Crippen molar-refractivity contribution in [2.45, 2.75) is 31.6 Å². The molecule has 8 nitrogen and oxygen atoms in total. The van der Waals surface area contributed by atoms with Crippen molar-refractivity contribution in [2.24, 2.45) is 0 Å². The number of amides is 1. The van der Waals surface area contributed by atoms with E-state index in [1.165, 1.54) is 12.1 Å². The summed E-state index contributed by atoms with van der Waals surface area (Å²) in [5, 5.41) is 8.48. The van der Waals surface area contributed by atoms with Crippen molar-refractivity contribution in [1.29, 1.82) is 0 Å². The molecule has 0 bridgehead atoms. The maximum Gasteiger partial charge on any atom is 0.401 e. The number of nitrogens with one attached hydrogen (secondary N) is 3. The number of pyridine rings is 2. The highest BCUT2D eigenvalue weighted by atomic mass is 19.4. The van der Waals surface area contributed by atoms with Crippen molar-refractivity contribution in [2.75, 3.05) is 25.1 Å². The smallest absolute Gasteiger partial charge is 0.381 e. The first-order valence-corrected chi connectivity index (χ1v) is 12.5. The third-order valence-electron chi connectivity index (χ3n) is 6.98. The number of imidazole rings is 1. The lowest BCUT2D eigenvalue weighted by Gasteiger charge is -2.18. The summed E-state index contributed by atoms with van der Waals surface area (Å²) in [6.45, 7) is 0.195. The molecule has 0 unspecified atom stereocenters. The van der Waals surface area contributed by atoms with E-state index in [0.717, 1.165) is 23.1 Å². The van der Waals surface area contributed by atoms with Gasteiger partial charge in [0.15, 0.2) is 0 Å². The minimum Gasteiger partial charge on any atom is -0.381 e. The standard InChI is InChI=1S/C27H24F4N6O2/c28-16-5-7-37-22(12-33-24(37)9-16)18-1-3-20(25-19(18)10-34-26(25)38)35-23-4-2-17(15-6-8-39-13-15)21(36-23)11-32-14-27(29,30)31/h1-5,7,9,12,15,32H,6,8,10-11,13-14H2,(H,34,38)(H,35,36)/t15-/m0/s1. The lowest BCUT2D eigenvalue weighted by molar-refractivity contribution is -0.125. The molecule has 3 N–H and O–H groups in total. The molecule has 39 heavy (non-hydrogen) atoms. The molecule has 0 aliphatic carbocycles. The summed E-state index contributed by atoms with van der Waals surface area (Å²) >= 11 is 0. The van der Waals surface area contributed by atoms with Crippen molar-refractivity contribution < 1.29 is 27.1 Å². The maximum absolute atomic E-state index is 13.7. The van der Waals surface area contributed by atoms with Gasteiger partial charge in [-0.1, -0.05) is 12.1 Å². The van der Waals surface area contributed by atoms with Crippen LogP contribution in [0.15, 0.2) is 48.8 Å². The van der Waals surface area contributed by atoms with Crippen molar-refractivity contribution in [3.8, 4) is 11.3 Å². The van der Waals surface area contributed by atoms with Gasteiger partial charge in [-0.2, -0.15) is 13.2 Å². The van der Waals surface area contributed by atoms with Gasteiger partial charge in [0.25, 0.3) is 5.91 Å². The molecular weight excluding hydrogens is 516 g/mol. The lowest BCUT2D eigenvalue weighted by atomic mass is 9.96. The summed E-state index contributed by atoms with van der Waals surface area (Å²) in [5.74, 6) is -0.196. The van der Waals surface area contributed by atoms with Gasteiger partial charge >= 0.3 is 6.18 Å². The first-order chi connectivity index (χ1) is 18.8. The summed E-state index contributed by atoms with van der Waals surface area (Å²) in [6, 6.07) is 9.88. The number of rotatable bonds is 7. The Labute approximate surface area is 220 Å². The molecule has 1 aromatic carbocycles. The number of ether oxygens (including phenoxy) is 1. The summed E-state index contributed by atoms with van der Waals surface area (Å²) in [4.78, 5) is 21.8. The van der Waals surface area contributed by atoms with E-state index < -0.39 is 18.5 Å². The molecule has 1 fully saturated rings. The van der Waals surface area contributed by atoms with Crippen molar-refractivity contribution in [3.63, 3.8) is 0 Å². The molecule has 0 saturated carbocycles. The number of alkyl halides is 3. The van der Waals surface area contributed by atoms with Crippen molar-refractivity contribution in [3.05, 3.63) is 77.0 Å². The quantitative estimate of drug-likeness (QED) is 0.295. The highest BCUT2D eigenvalue weighted by Gasteiger charge is 2.29. The molecule has 0 spiro atoms. The predicted octanol–water partition coefficient (Wildman–Crippen LogP) is 4.68. The van der Waals surface area contributed by atoms with E-state index in [9.17, 15) is 22.4 Å². The second kappa shape index (κ2) is 9.93. The third-order valence-corrected chi connectivity index (χ3v) is 6.98. The molecule has 0 radical (unpaired) electrons. The number of fused-ring (bicyclic) bond motifs is 2. The summed E-state index contributed by atoms with van der Waals surface area (Å²) < 4.78 is 59.1. The van der Waals surface area contributed by atoms with Crippen LogP contribution in [0.2, 0.25) is 0 Å². The number of carbonyl (C=O) groups excluding carboxylic acids is 1. The van der Waals surface area contributed by atoms with Crippen LogP contribution >= 0.6 is 0 Å². The Balaban J connectivity index is 1.33. The molecule has 2 aliphatic heterocycles. The average Bonchev–Trinajstić information content (AvgIpc) is 3.64. The molecule has 12 heteroatoms. The van der Waals surface area contributed by atoms with Gasteiger partial charge in [-0.25, -0.2) is 14.4 Å². The van der Waals surface area contributed by atoms with Crippen molar-refractivity contribution in [1.82, 2.24) is 25.0 Å². The largest absolute Gasteiger partial charge is 0.401 e. The topological polar surface area (TPSA) is 92.6 Å². The number of carbonyl (C=O) groups is 1. The third kappa shape index (κ3) is 5.04. The molecule has 4 aromatic rings. The normalized spacial score (nSPS) is 17.0. The van der Waals surface area contributed by atoms with Gasteiger partial charge in [-0.05, 0) is 35.7 Å². The average molecular weight is 541 g/mol. The molecule has 3 aromatic heterocycles. The van der Waals surface area contributed by atoms with Crippen LogP contribution in [0.25, 0.3) is 16.9 Å². The van der Waals surface area contributed by atoms with Crippen LogP contribution in [0.3, 0.4) is 0 Å². The SMILES string of the molecule is O=C1NCc2c(-c3cnc4cc(F)ccn34)ccc(Nc3ccc([C@H]4CCOC4)c(CNCC(F)(F)F)n3)c21. The fraction of sp³-hybridized carbons (Fsp3) is 0.296. The first kappa shape index (κ1) is 25.3. The Morgan fingerprint density at radius 2 is 2.05 bits per heavy atom. The highest BCUT2D eigenvalue weighted by molar-refractivity contribution is 6.06. The Bertz CT molecular complexity index is 1560. The Morgan fingerprint density at radius 1 is 1.18 bits per heavy atom. The fourth-order valence-corrected chi connectivity index (χ4v) is 5.18. The Morgan fingerprint density at radius 3 is 2.85 bits per heavy atom. The first-order valence-electron chi connectivity index (χ1n) is 12.5. The molecule has 6 rings (SSSR count). The van der Waals surface area contributed by atoms with Crippen LogP contribution in [0.1, 0.15) is 39.5 Å². The van der Waals surface area contributed by atoms with E-state index in [2.05, 4.69) is 25.9 Å². The molecule has 1 saturated heterocycles. The van der Waals surface area contributed by atoms with Crippen LogP contribution in [-0.2, 0) is 17.8 Å². The van der Waals surface area contributed by atoms with Gasteiger partial charge in [0.1, 0.15) is 17.3 Å². The van der Waals surface area contributed by atoms with Crippen LogP contribution in [0.4, 0.5) is 29.1 Å². The van der Waals surface area contributed by atoms with Crippen LogP contribution < -0.4 is 16.0 Å². The lowest BCUT2D eigenvalue weighted by Crippen LogP contribution is -2.29. The number of benzene rings is 1. The van der Waals surface area contributed by atoms with E-state index in [1.807, 2.05) is 12.1 Å². The summed E-state index contributed by atoms with van der Waals surface area (Å²) in [6.07, 6.45) is -0.346. The zero-order valence-electron chi connectivity index (χ0n) is 20.6. The molecular formula is C27H24F4N6O2. The van der Waals surface area contributed by atoms with E-state index in [4.69, 9.17) is 4.74 Å². The molecule has 202 valence electrons. The zero-order chi connectivity index (χ0) is 27.1. The molecule has 1 atom stereocenters. The number of hydrogen-bond acceptors (Lipinski definition) is 6. The Hall–Kier alpha value is -4.03. The summed E-state index contributed by atoms with van der Waals surface area (Å²) in [5.41, 5.74) is 4.98. The van der Waals surface area contributed by atoms with Crippen LogP contribution in [0, 0.1) is 5.82 Å². The van der Waals surface area contributed by atoms with Gasteiger partial charge in [-0.3, -0.25) is 9.20 Å². The zero-order valence-corrected chi connectivity index (χ0v) is 20.6. The van der Waals surface area contributed by atoms with E-state index in [1.54, 1.807) is 28.9 Å². The minimum absolute atomic E-state index is 0.0579. The van der Waals surface area contributed by atoms with E-state index in [0.29, 0.717) is 53.9 Å². The van der Waals surface area contributed by atoms with Gasteiger partial charge in [0.2, 0.25) is 0 Å². The number of aromatic nitrogens is 3. The number of nitrogens with zero attached hydrogens (tertiary/aromatic N) is 3. The van der Waals surface area contributed by atoms with Crippen LogP contribution in [-0.4, -0.2) is 46.2 Å². The molecule has 2 aliphatic rings. The maximum atomic E-state index is 13.7. The van der Waals surface area contributed by atoms with Gasteiger partial charge < -0.3 is 20.7 Å². The number of halogens is 4. The van der Waals surface area contributed by atoms with Gasteiger partial charge in [0.05, 0.1) is 42.0 Å². The van der Waals surface area contributed by atoms with E-state index >= 15 is 0 Å². The van der Waals surface area contributed by atoms with E-state index in [-0.39, 0.29) is 18.4 Å². The monoisotopic (exact) mass is 540 g/mol. The number of anilines is 2. The van der Waals surface area contributed by atoms with Crippen LogP contribution in [0.5, 0.6) is 0 Å². The minimum atomic E-state index is -4.34. The predicted molar refractivity (Wildman–Crippen MR) is 135 cm³/mol. The fourth-order valence-electron chi connectivity index (χ4n) is 5.18. The Kier molecular flexibility index (Phi) is 6.43. The highest BCUT2D eigenvalue weighted by Crippen LogP contribution is 2.36. The van der Waals surface area contributed by atoms with Gasteiger partial charge in [-0.15, -0.1) is 0 Å². The van der Waals surface area contributed by atoms with Gasteiger partial charge in [0, 0.05) is 43.4 Å². The van der Waals surface area contributed by atoms with Crippen molar-refractivity contribution >= 4 is 23.1 Å². The second-order valence-electron chi connectivity index (χ2n) is 9.55. The summed E-state index contributed by atoms with van der Waals surface area (Å²) in [7, 11) is 0. The number of hydrogen-bond donors (Lipinski definition) is 3.